The molecule has 1 atom stereocenters. The number of amides is 1. The molecule has 1 amide bonds. The molecule has 0 aliphatic carbocycles. The number of oxazole rings is 1. The molecule has 5 rings (SSSR count). The highest BCUT2D eigenvalue weighted by Crippen LogP contribution is 2.36. The first-order valence-electron chi connectivity index (χ1n) is 9.45. The zero-order chi connectivity index (χ0) is 21.0. The quantitative estimate of drug-likeness (QED) is 0.557. The summed E-state index contributed by atoms with van der Waals surface area (Å²) >= 11 is 0. The fourth-order valence-electron chi connectivity index (χ4n) is 3.91. The van der Waals surface area contributed by atoms with Crippen LogP contribution in [0.15, 0.2) is 35.0 Å². The minimum Gasteiger partial charge on any atom is -0.438 e. The fourth-order valence-corrected chi connectivity index (χ4v) is 3.91. The zero-order valence-electron chi connectivity index (χ0n) is 16.3. The maximum absolute atomic E-state index is 13.4. The molecule has 1 aromatic carbocycles. The van der Waals surface area contributed by atoms with E-state index >= 15 is 0 Å². The van der Waals surface area contributed by atoms with Gasteiger partial charge >= 0.3 is 0 Å². The van der Waals surface area contributed by atoms with Crippen molar-refractivity contribution in [1.29, 1.82) is 0 Å². The molecule has 1 aliphatic rings. The highest BCUT2D eigenvalue weighted by molar-refractivity contribution is 5.93. The van der Waals surface area contributed by atoms with Crippen LogP contribution in [0.25, 0.3) is 11.1 Å². The molecule has 0 bridgehead atoms. The van der Waals surface area contributed by atoms with Crippen LogP contribution in [0.5, 0.6) is 0 Å². The molecule has 0 radical (unpaired) electrons. The largest absolute Gasteiger partial charge is 0.438 e. The van der Waals surface area contributed by atoms with Crippen molar-refractivity contribution >= 4 is 17.0 Å². The van der Waals surface area contributed by atoms with Crippen molar-refractivity contribution in [3.8, 4) is 0 Å². The van der Waals surface area contributed by atoms with Gasteiger partial charge in [-0.1, -0.05) is 12.1 Å². The third-order valence-corrected chi connectivity index (χ3v) is 5.39. The summed E-state index contributed by atoms with van der Waals surface area (Å²) < 4.78 is 33.4. The molecule has 154 valence electrons. The van der Waals surface area contributed by atoms with Crippen LogP contribution in [0.1, 0.15) is 51.5 Å². The van der Waals surface area contributed by atoms with Crippen molar-refractivity contribution in [1.82, 2.24) is 29.6 Å². The molecule has 4 aromatic rings. The zero-order valence-corrected chi connectivity index (χ0v) is 16.3. The van der Waals surface area contributed by atoms with Crippen LogP contribution in [-0.4, -0.2) is 42.1 Å². The number of hydrogen-bond acceptors (Lipinski definition) is 5. The van der Waals surface area contributed by atoms with Crippen molar-refractivity contribution in [3.05, 3.63) is 64.8 Å². The Morgan fingerprint density at radius 3 is 2.93 bits per heavy atom. The van der Waals surface area contributed by atoms with Crippen LogP contribution < -0.4 is 0 Å². The molecule has 1 aliphatic heterocycles. The van der Waals surface area contributed by atoms with E-state index in [1.165, 1.54) is 11.7 Å². The number of H-pyrrole nitrogens is 1. The van der Waals surface area contributed by atoms with E-state index in [1.807, 2.05) is 25.1 Å². The first-order valence-corrected chi connectivity index (χ1v) is 9.45. The van der Waals surface area contributed by atoms with Crippen molar-refractivity contribution < 1.29 is 18.0 Å². The van der Waals surface area contributed by atoms with Gasteiger partial charge < -0.3 is 14.3 Å². The van der Waals surface area contributed by atoms with Gasteiger partial charge in [-0.3, -0.25) is 9.48 Å². The number of benzene rings is 1. The first-order chi connectivity index (χ1) is 14.4. The van der Waals surface area contributed by atoms with Gasteiger partial charge in [-0.05, 0) is 24.6 Å². The molecule has 0 fully saturated rings. The second-order valence-corrected chi connectivity index (χ2v) is 7.27. The van der Waals surface area contributed by atoms with E-state index in [0.29, 0.717) is 35.6 Å². The summed E-state index contributed by atoms with van der Waals surface area (Å²) in [6.07, 6.45) is -0.637. The Labute approximate surface area is 169 Å². The number of alkyl halides is 2. The van der Waals surface area contributed by atoms with Crippen LogP contribution in [0, 0.1) is 6.92 Å². The minimum absolute atomic E-state index is 0.0709. The average Bonchev–Trinajstić information content (AvgIpc) is 3.44. The number of imidazole rings is 1. The van der Waals surface area contributed by atoms with E-state index in [2.05, 4.69) is 20.1 Å². The molecule has 10 heteroatoms. The molecule has 8 nitrogen and oxygen atoms in total. The Hall–Kier alpha value is -3.56. The normalized spacial score (nSPS) is 16.4. The Bertz CT molecular complexity index is 1260. The maximum Gasteiger partial charge on any atom is 0.282 e. The second kappa shape index (κ2) is 6.75. The number of carbonyl (C=O) groups excluding carboxylic acids is 1. The van der Waals surface area contributed by atoms with Gasteiger partial charge in [0.1, 0.15) is 16.9 Å². The summed E-state index contributed by atoms with van der Waals surface area (Å²) in [5, 5.41) is 3.76. The second-order valence-electron chi connectivity index (χ2n) is 7.27. The van der Waals surface area contributed by atoms with Gasteiger partial charge in [0.15, 0.2) is 11.6 Å². The number of aryl methyl sites for hydroxylation is 2. The number of fused-ring (bicyclic) bond motifs is 2. The van der Waals surface area contributed by atoms with Gasteiger partial charge in [0.2, 0.25) is 5.89 Å². The molecule has 30 heavy (non-hydrogen) atoms. The highest BCUT2D eigenvalue weighted by Gasteiger charge is 2.39. The van der Waals surface area contributed by atoms with Crippen LogP contribution >= 0.6 is 0 Å². The average molecular weight is 412 g/mol. The molecule has 0 unspecified atom stereocenters. The summed E-state index contributed by atoms with van der Waals surface area (Å²) in [6, 6.07) is 6.09. The molecular weight excluding hydrogens is 394 g/mol. The van der Waals surface area contributed by atoms with Crippen LogP contribution in [0.4, 0.5) is 8.78 Å². The standard InChI is InChI=1S/C20H18F2N6O2/c1-10-4-3-5-12-17(10)30-19(25-12)16-15-11(23-9-24-15)6-7-28(16)20(29)14-8-13(18(21)22)26-27(14)2/h3-5,8-9,16,18H,6-7H2,1-2H3,(H,23,24)/t16-/m0/s1. The third kappa shape index (κ3) is 2.78. The summed E-state index contributed by atoms with van der Waals surface area (Å²) in [6.45, 7) is 2.27. The fraction of sp³-hybridized carbons (Fsp3) is 0.300. The molecule has 4 heterocycles. The summed E-state index contributed by atoms with van der Waals surface area (Å²) in [7, 11) is 1.47. The Balaban J connectivity index is 1.62. The summed E-state index contributed by atoms with van der Waals surface area (Å²) in [4.78, 5) is 27.0. The number of carbonyl (C=O) groups is 1. The number of nitrogens with zero attached hydrogens (tertiary/aromatic N) is 5. The smallest absolute Gasteiger partial charge is 0.282 e. The van der Waals surface area contributed by atoms with E-state index in [9.17, 15) is 13.6 Å². The maximum atomic E-state index is 13.4. The minimum atomic E-state index is -2.76. The monoisotopic (exact) mass is 412 g/mol. The molecular formula is C20H18F2N6O2. The lowest BCUT2D eigenvalue weighted by Crippen LogP contribution is -2.41. The van der Waals surface area contributed by atoms with Gasteiger partial charge in [-0.15, -0.1) is 0 Å². The van der Waals surface area contributed by atoms with E-state index in [4.69, 9.17) is 4.42 Å². The molecule has 3 aromatic heterocycles. The predicted octanol–water partition coefficient (Wildman–Crippen LogP) is 3.32. The number of hydrogen-bond donors (Lipinski definition) is 1. The van der Waals surface area contributed by atoms with Crippen LogP contribution in [-0.2, 0) is 13.5 Å². The van der Waals surface area contributed by atoms with Gasteiger partial charge in [-0.2, -0.15) is 5.10 Å². The molecule has 1 N–H and O–H groups in total. The van der Waals surface area contributed by atoms with E-state index in [1.54, 1.807) is 11.2 Å². The lowest BCUT2D eigenvalue weighted by Gasteiger charge is -2.32. The molecule has 0 saturated carbocycles. The number of nitrogens with one attached hydrogen (secondary N) is 1. The van der Waals surface area contributed by atoms with Crippen molar-refractivity contribution in [2.75, 3.05) is 6.54 Å². The predicted molar refractivity (Wildman–Crippen MR) is 102 cm³/mol. The molecule has 0 saturated heterocycles. The third-order valence-electron chi connectivity index (χ3n) is 5.39. The number of para-hydroxylation sites is 1. The van der Waals surface area contributed by atoms with E-state index in [-0.39, 0.29) is 5.69 Å². The van der Waals surface area contributed by atoms with Crippen molar-refractivity contribution in [3.63, 3.8) is 0 Å². The van der Waals surface area contributed by atoms with Crippen LogP contribution in [0.2, 0.25) is 0 Å². The van der Waals surface area contributed by atoms with Crippen molar-refractivity contribution in [2.24, 2.45) is 7.05 Å². The van der Waals surface area contributed by atoms with Crippen LogP contribution in [0.3, 0.4) is 0 Å². The molecule has 0 spiro atoms. The van der Waals surface area contributed by atoms with Crippen molar-refractivity contribution in [2.45, 2.75) is 25.8 Å². The summed E-state index contributed by atoms with van der Waals surface area (Å²) in [5.41, 5.74) is 3.41. The number of rotatable bonds is 3. The number of aromatic amines is 1. The number of aromatic nitrogens is 5. The lowest BCUT2D eigenvalue weighted by molar-refractivity contribution is 0.0656. The summed E-state index contributed by atoms with van der Waals surface area (Å²) in [5.74, 6) is -0.105. The SMILES string of the molecule is Cc1cccc2nc([C@@H]3c4nc[nH]c4CCN3C(=O)c3cc(C(F)F)nn3C)oc12. The Morgan fingerprint density at radius 1 is 1.37 bits per heavy atom. The van der Waals surface area contributed by atoms with Gasteiger partial charge in [0.25, 0.3) is 12.3 Å². The van der Waals surface area contributed by atoms with E-state index < -0.39 is 24.1 Å². The van der Waals surface area contributed by atoms with E-state index in [0.717, 1.165) is 17.3 Å². The van der Waals surface area contributed by atoms with Gasteiger partial charge in [-0.25, -0.2) is 18.7 Å². The van der Waals surface area contributed by atoms with Gasteiger partial charge in [0.05, 0.1) is 12.0 Å². The topological polar surface area (TPSA) is 92.8 Å². The highest BCUT2D eigenvalue weighted by atomic mass is 19.3. The van der Waals surface area contributed by atoms with Gasteiger partial charge in [0, 0.05) is 25.7 Å². The first kappa shape index (κ1) is 18.5. The Morgan fingerprint density at radius 2 is 2.20 bits per heavy atom. The number of halogens is 2. The Kier molecular flexibility index (Phi) is 4.16. The lowest BCUT2D eigenvalue weighted by atomic mass is 10.0.